The van der Waals surface area contributed by atoms with E-state index in [-0.39, 0.29) is 23.3 Å². The van der Waals surface area contributed by atoms with Gasteiger partial charge in [0.25, 0.3) is 10.0 Å². The molecule has 7 heteroatoms. The van der Waals surface area contributed by atoms with Gasteiger partial charge in [-0.05, 0) is 18.1 Å². The van der Waals surface area contributed by atoms with Gasteiger partial charge in [-0.15, -0.1) is 0 Å². The van der Waals surface area contributed by atoms with Crippen molar-refractivity contribution in [3.8, 4) is 0 Å². The van der Waals surface area contributed by atoms with Crippen molar-refractivity contribution < 1.29 is 22.4 Å². The van der Waals surface area contributed by atoms with Gasteiger partial charge >= 0.3 is 0 Å². The van der Waals surface area contributed by atoms with Gasteiger partial charge in [0.15, 0.2) is 12.0 Å². The van der Waals surface area contributed by atoms with E-state index in [2.05, 4.69) is 0 Å². The van der Waals surface area contributed by atoms with E-state index in [4.69, 9.17) is 9.15 Å². The summed E-state index contributed by atoms with van der Waals surface area (Å²) in [5.41, 5.74) is 0. The molecule has 0 radical (unpaired) electrons. The Morgan fingerprint density at radius 2 is 2.11 bits per heavy atom. The summed E-state index contributed by atoms with van der Waals surface area (Å²) in [4.78, 5) is 10.5. The van der Waals surface area contributed by atoms with E-state index in [1.165, 1.54) is 23.5 Å². The lowest BCUT2D eigenvalue weighted by molar-refractivity contribution is 0.109. The van der Waals surface area contributed by atoms with Gasteiger partial charge in [0.2, 0.25) is 5.09 Å². The average Bonchev–Trinajstić information content (AvgIpc) is 2.83. The molecule has 6 nitrogen and oxygen atoms in total. The molecule has 0 spiro atoms. The molecule has 1 aromatic heterocycles. The number of rotatable bonds is 8. The molecule has 0 fully saturated rings. The lowest BCUT2D eigenvalue weighted by Crippen LogP contribution is -2.36. The summed E-state index contributed by atoms with van der Waals surface area (Å²) in [5.74, 6) is 0.168. The smallest absolute Gasteiger partial charge is 0.276 e. The van der Waals surface area contributed by atoms with Gasteiger partial charge in [0.1, 0.15) is 0 Å². The largest absolute Gasteiger partial charge is 0.440 e. The minimum absolute atomic E-state index is 0.00480. The van der Waals surface area contributed by atoms with Crippen LogP contribution < -0.4 is 0 Å². The molecule has 0 amide bonds. The topological polar surface area (TPSA) is 76.8 Å². The highest BCUT2D eigenvalue weighted by molar-refractivity contribution is 7.89. The third-order valence-electron chi connectivity index (χ3n) is 2.43. The summed E-state index contributed by atoms with van der Waals surface area (Å²) in [5, 5.41) is -0.216. The van der Waals surface area contributed by atoms with E-state index >= 15 is 0 Å². The number of furan rings is 1. The Morgan fingerprint density at radius 1 is 1.42 bits per heavy atom. The van der Waals surface area contributed by atoms with E-state index < -0.39 is 10.0 Å². The number of ether oxygens (including phenoxy) is 1. The second-order valence-corrected chi connectivity index (χ2v) is 6.39. The molecule has 1 aromatic rings. The first-order chi connectivity index (χ1) is 8.91. The zero-order valence-corrected chi connectivity index (χ0v) is 12.1. The molecule has 0 atom stereocenters. The fourth-order valence-corrected chi connectivity index (χ4v) is 3.08. The lowest BCUT2D eigenvalue weighted by atomic mass is 10.2. The van der Waals surface area contributed by atoms with Gasteiger partial charge < -0.3 is 9.15 Å². The molecule has 1 rings (SSSR count). The SMILES string of the molecule is COCCN(CC(C)C)S(=O)(=O)c1ccc(C=O)o1. The standard InChI is InChI=1S/C12H19NO5S/c1-10(2)8-13(6-7-17-3)19(15,16)12-5-4-11(9-14)18-12/h4-5,9-10H,6-8H2,1-3H3. The highest BCUT2D eigenvalue weighted by atomic mass is 32.2. The Kier molecular flexibility index (Phi) is 5.71. The fraction of sp³-hybridized carbons (Fsp3) is 0.583. The summed E-state index contributed by atoms with van der Waals surface area (Å²) in [6.07, 6.45) is 0.473. The molecular weight excluding hydrogens is 270 g/mol. The average molecular weight is 289 g/mol. The zero-order chi connectivity index (χ0) is 14.5. The van der Waals surface area contributed by atoms with Crippen LogP contribution in [0.25, 0.3) is 0 Å². The van der Waals surface area contributed by atoms with Crippen molar-refractivity contribution in [1.82, 2.24) is 4.31 Å². The minimum Gasteiger partial charge on any atom is -0.440 e. The van der Waals surface area contributed by atoms with E-state index in [0.717, 1.165) is 0 Å². The first-order valence-corrected chi connectivity index (χ1v) is 7.40. The van der Waals surface area contributed by atoms with Crippen LogP contribution in [0.4, 0.5) is 0 Å². The Morgan fingerprint density at radius 3 is 2.58 bits per heavy atom. The minimum atomic E-state index is -3.73. The summed E-state index contributed by atoms with van der Waals surface area (Å²) in [6, 6.07) is 2.63. The molecule has 0 saturated heterocycles. The Balaban J connectivity index is 3.00. The molecule has 0 bridgehead atoms. The molecule has 0 aliphatic heterocycles. The highest BCUT2D eigenvalue weighted by Gasteiger charge is 2.28. The predicted molar refractivity (Wildman–Crippen MR) is 69.6 cm³/mol. The molecule has 0 saturated carbocycles. The van der Waals surface area contributed by atoms with Gasteiger partial charge in [-0.3, -0.25) is 4.79 Å². The van der Waals surface area contributed by atoms with Crippen molar-refractivity contribution in [2.45, 2.75) is 18.9 Å². The first-order valence-electron chi connectivity index (χ1n) is 5.96. The lowest BCUT2D eigenvalue weighted by Gasteiger charge is -2.22. The summed E-state index contributed by atoms with van der Waals surface area (Å²) in [6.45, 7) is 4.76. The number of aldehydes is 1. The molecule has 0 N–H and O–H groups in total. The highest BCUT2D eigenvalue weighted by Crippen LogP contribution is 2.19. The molecule has 0 aromatic carbocycles. The second kappa shape index (κ2) is 6.83. The van der Waals surface area contributed by atoms with Crippen LogP contribution in [0.3, 0.4) is 0 Å². The number of carbonyl (C=O) groups excluding carboxylic acids is 1. The molecule has 19 heavy (non-hydrogen) atoms. The summed E-state index contributed by atoms with van der Waals surface area (Å²) >= 11 is 0. The van der Waals surface area contributed by atoms with E-state index in [9.17, 15) is 13.2 Å². The van der Waals surface area contributed by atoms with Crippen LogP contribution in [0.1, 0.15) is 24.4 Å². The Labute approximate surface area is 113 Å². The van der Waals surface area contributed by atoms with Gasteiger partial charge in [-0.25, -0.2) is 8.42 Å². The van der Waals surface area contributed by atoms with Crippen LogP contribution in [-0.2, 0) is 14.8 Å². The van der Waals surface area contributed by atoms with Gasteiger partial charge in [-0.1, -0.05) is 13.8 Å². The van der Waals surface area contributed by atoms with Crippen LogP contribution in [0, 0.1) is 5.92 Å². The van der Waals surface area contributed by atoms with Gasteiger partial charge in [0, 0.05) is 20.2 Å². The van der Waals surface area contributed by atoms with Crippen molar-refractivity contribution in [1.29, 1.82) is 0 Å². The number of hydrogen-bond donors (Lipinski definition) is 0. The van der Waals surface area contributed by atoms with Crippen LogP contribution in [0.5, 0.6) is 0 Å². The summed E-state index contributed by atoms with van der Waals surface area (Å²) < 4.78 is 35.9. The van der Waals surface area contributed by atoms with Crippen molar-refractivity contribution in [2.75, 3.05) is 26.8 Å². The van der Waals surface area contributed by atoms with Crippen LogP contribution in [0.15, 0.2) is 21.6 Å². The molecule has 0 aliphatic carbocycles. The van der Waals surface area contributed by atoms with Crippen LogP contribution in [-0.4, -0.2) is 45.8 Å². The van der Waals surface area contributed by atoms with Crippen molar-refractivity contribution in [2.24, 2.45) is 5.92 Å². The summed E-state index contributed by atoms with van der Waals surface area (Å²) in [7, 11) is -2.22. The van der Waals surface area contributed by atoms with Crippen LogP contribution >= 0.6 is 0 Å². The predicted octanol–water partition coefficient (Wildman–Crippen LogP) is 1.39. The zero-order valence-electron chi connectivity index (χ0n) is 11.3. The Hall–Kier alpha value is -1.18. The first kappa shape index (κ1) is 15.9. The third kappa shape index (κ3) is 4.15. The number of carbonyl (C=O) groups is 1. The number of nitrogens with zero attached hydrogens (tertiary/aromatic N) is 1. The second-order valence-electron chi connectivity index (χ2n) is 4.52. The molecule has 108 valence electrons. The number of hydrogen-bond acceptors (Lipinski definition) is 5. The van der Waals surface area contributed by atoms with Crippen molar-refractivity contribution in [3.63, 3.8) is 0 Å². The van der Waals surface area contributed by atoms with Crippen molar-refractivity contribution >= 4 is 16.3 Å². The molecule has 0 aliphatic rings. The fourth-order valence-electron chi connectivity index (χ4n) is 1.57. The Bertz CT molecular complexity index is 506. The number of sulfonamides is 1. The molecule has 1 heterocycles. The van der Waals surface area contributed by atoms with E-state index in [1.807, 2.05) is 13.8 Å². The normalized spacial score (nSPS) is 12.3. The molecule has 0 unspecified atom stereocenters. The maximum absolute atomic E-state index is 12.4. The van der Waals surface area contributed by atoms with E-state index in [0.29, 0.717) is 19.4 Å². The van der Waals surface area contributed by atoms with Gasteiger partial charge in [-0.2, -0.15) is 4.31 Å². The van der Waals surface area contributed by atoms with Gasteiger partial charge in [0.05, 0.1) is 6.61 Å². The monoisotopic (exact) mass is 289 g/mol. The van der Waals surface area contributed by atoms with Crippen LogP contribution in [0.2, 0.25) is 0 Å². The molecular formula is C12H19NO5S. The van der Waals surface area contributed by atoms with Crippen molar-refractivity contribution in [3.05, 3.63) is 17.9 Å². The quantitative estimate of drug-likeness (QED) is 0.676. The third-order valence-corrected chi connectivity index (χ3v) is 4.17. The number of methoxy groups -OCH3 is 1. The maximum Gasteiger partial charge on any atom is 0.276 e. The maximum atomic E-state index is 12.4. The van der Waals surface area contributed by atoms with E-state index in [1.54, 1.807) is 0 Å².